The van der Waals surface area contributed by atoms with E-state index in [2.05, 4.69) is 28.3 Å². The van der Waals surface area contributed by atoms with Gasteiger partial charge in [0.1, 0.15) is 9.90 Å². The van der Waals surface area contributed by atoms with Crippen LogP contribution in [0.2, 0.25) is 0 Å². The van der Waals surface area contributed by atoms with Crippen LogP contribution in [0.5, 0.6) is 0 Å². The number of nitrogens with zero attached hydrogens (tertiary/aromatic N) is 2. The Morgan fingerprint density at radius 1 is 1.15 bits per heavy atom. The molecule has 2 amide bonds. The number of nitrogens with two attached hydrogens (primary N) is 1. The fourth-order valence-electron chi connectivity index (χ4n) is 2.14. The Bertz CT molecular complexity index is 985. The molecule has 0 aliphatic carbocycles. The molecule has 2 aromatic heterocycles. The Hall–Kier alpha value is -2.71. The zero-order valence-electron chi connectivity index (χ0n) is 14.1. The standard InChI is InChI=1S/C18H16N4O2S2/c1-10-5-6-12(8-11(10)2)25-17-13(4-3-7-20-17)16(24)22-18-21-9-14(26-18)15(19)23/h3-9H,1-2H3,(H2,19,23)(H,21,22,24). The first-order chi connectivity index (χ1) is 12.4. The second kappa shape index (κ2) is 7.67. The first-order valence-electron chi connectivity index (χ1n) is 7.71. The van der Waals surface area contributed by atoms with Crippen molar-refractivity contribution in [3.8, 4) is 0 Å². The molecule has 0 aliphatic rings. The molecular formula is C18H16N4O2S2. The smallest absolute Gasteiger partial charge is 0.260 e. The summed E-state index contributed by atoms with van der Waals surface area (Å²) in [6.07, 6.45) is 2.99. The van der Waals surface area contributed by atoms with E-state index >= 15 is 0 Å². The minimum absolute atomic E-state index is 0.288. The fourth-order valence-corrected chi connectivity index (χ4v) is 3.79. The number of pyridine rings is 1. The molecule has 0 saturated carbocycles. The van der Waals surface area contributed by atoms with Crippen LogP contribution in [0.3, 0.4) is 0 Å². The van der Waals surface area contributed by atoms with Crippen LogP contribution in [0.1, 0.15) is 31.2 Å². The van der Waals surface area contributed by atoms with E-state index in [1.807, 2.05) is 19.1 Å². The molecule has 0 fully saturated rings. The van der Waals surface area contributed by atoms with Gasteiger partial charge in [0.05, 0.1) is 11.8 Å². The molecule has 0 saturated heterocycles. The average Bonchev–Trinajstić information content (AvgIpc) is 3.07. The molecule has 0 aliphatic heterocycles. The second-order valence-electron chi connectivity index (χ2n) is 5.55. The van der Waals surface area contributed by atoms with E-state index in [9.17, 15) is 9.59 Å². The summed E-state index contributed by atoms with van der Waals surface area (Å²) in [5, 5.41) is 3.60. The van der Waals surface area contributed by atoms with Crippen LogP contribution in [-0.4, -0.2) is 21.8 Å². The molecule has 6 nitrogen and oxygen atoms in total. The second-order valence-corrected chi connectivity index (χ2v) is 7.65. The summed E-state index contributed by atoms with van der Waals surface area (Å²) in [7, 11) is 0. The fraction of sp³-hybridized carbons (Fsp3) is 0.111. The predicted molar refractivity (Wildman–Crippen MR) is 103 cm³/mol. The molecule has 0 atom stereocenters. The molecule has 3 rings (SSSR count). The van der Waals surface area contributed by atoms with Crippen LogP contribution < -0.4 is 11.1 Å². The van der Waals surface area contributed by atoms with Gasteiger partial charge < -0.3 is 5.73 Å². The van der Waals surface area contributed by atoms with Crippen molar-refractivity contribution >= 4 is 40.0 Å². The highest BCUT2D eigenvalue weighted by Gasteiger charge is 2.16. The van der Waals surface area contributed by atoms with Gasteiger partial charge >= 0.3 is 0 Å². The van der Waals surface area contributed by atoms with Gasteiger partial charge in [-0.15, -0.1) is 0 Å². The molecule has 132 valence electrons. The largest absolute Gasteiger partial charge is 0.365 e. The van der Waals surface area contributed by atoms with Crippen molar-refractivity contribution in [1.29, 1.82) is 0 Å². The summed E-state index contributed by atoms with van der Waals surface area (Å²) in [5.41, 5.74) is 8.03. The monoisotopic (exact) mass is 384 g/mol. The minimum atomic E-state index is -0.574. The van der Waals surface area contributed by atoms with Gasteiger partial charge in [-0.25, -0.2) is 9.97 Å². The maximum absolute atomic E-state index is 12.6. The van der Waals surface area contributed by atoms with Crippen molar-refractivity contribution in [2.75, 3.05) is 5.32 Å². The Labute approximate surface area is 158 Å². The summed E-state index contributed by atoms with van der Waals surface area (Å²) in [6, 6.07) is 9.52. The number of hydrogen-bond donors (Lipinski definition) is 2. The number of thiazole rings is 1. The number of anilines is 1. The van der Waals surface area contributed by atoms with Crippen LogP contribution in [0.4, 0.5) is 5.13 Å². The Morgan fingerprint density at radius 2 is 1.96 bits per heavy atom. The molecular weight excluding hydrogens is 368 g/mol. The van der Waals surface area contributed by atoms with Crippen molar-refractivity contribution in [2.45, 2.75) is 23.8 Å². The number of aromatic nitrogens is 2. The van der Waals surface area contributed by atoms with Gasteiger partial charge in [0, 0.05) is 11.1 Å². The van der Waals surface area contributed by atoms with Crippen molar-refractivity contribution in [3.63, 3.8) is 0 Å². The first kappa shape index (κ1) is 18.1. The zero-order valence-corrected chi connectivity index (χ0v) is 15.8. The predicted octanol–water partition coefficient (Wildman–Crippen LogP) is 3.66. The highest BCUT2D eigenvalue weighted by Crippen LogP contribution is 2.30. The highest BCUT2D eigenvalue weighted by molar-refractivity contribution is 7.99. The summed E-state index contributed by atoms with van der Waals surface area (Å²) < 4.78 is 0. The molecule has 0 unspecified atom stereocenters. The lowest BCUT2D eigenvalue weighted by atomic mass is 10.1. The van der Waals surface area contributed by atoms with Crippen molar-refractivity contribution in [1.82, 2.24) is 9.97 Å². The molecule has 0 bridgehead atoms. The van der Waals surface area contributed by atoms with Crippen molar-refractivity contribution in [2.24, 2.45) is 5.73 Å². The number of hydrogen-bond acceptors (Lipinski definition) is 6. The molecule has 2 heterocycles. The third-order valence-corrected chi connectivity index (χ3v) is 5.61. The Morgan fingerprint density at radius 3 is 2.65 bits per heavy atom. The summed E-state index contributed by atoms with van der Waals surface area (Å²) in [6.45, 7) is 4.10. The summed E-state index contributed by atoms with van der Waals surface area (Å²) in [5.74, 6) is -0.912. The Balaban J connectivity index is 1.82. The van der Waals surface area contributed by atoms with Crippen molar-refractivity contribution < 1.29 is 9.59 Å². The molecule has 26 heavy (non-hydrogen) atoms. The number of benzene rings is 1. The molecule has 0 radical (unpaired) electrons. The maximum Gasteiger partial charge on any atom is 0.260 e. The van der Waals surface area contributed by atoms with E-state index in [1.165, 1.54) is 29.1 Å². The number of carbonyl (C=O) groups excluding carboxylic acids is 2. The first-order valence-corrected chi connectivity index (χ1v) is 9.34. The summed E-state index contributed by atoms with van der Waals surface area (Å²) >= 11 is 2.46. The lowest BCUT2D eigenvalue weighted by Gasteiger charge is -2.09. The maximum atomic E-state index is 12.6. The SMILES string of the molecule is Cc1ccc(Sc2ncccc2C(=O)Nc2ncc(C(N)=O)s2)cc1C. The number of carbonyl (C=O) groups is 2. The van der Waals surface area contributed by atoms with Crippen LogP contribution in [-0.2, 0) is 0 Å². The Kier molecular flexibility index (Phi) is 5.34. The van der Waals surface area contributed by atoms with Gasteiger partial charge in [0.2, 0.25) is 0 Å². The molecule has 0 spiro atoms. The topological polar surface area (TPSA) is 98.0 Å². The van der Waals surface area contributed by atoms with Crippen LogP contribution >= 0.6 is 23.1 Å². The molecule has 3 aromatic rings. The van der Waals surface area contributed by atoms with E-state index in [0.29, 0.717) is 15.7 Å². The number of nitrogens with one attached hydrogen (secondary N) is 1. The third kappa shape index (κ3) is 4.09. The molecule has 3 N–H and O–H groups in total. The van der Waals surface area contributed by atoms with Gasteiger partial charge in [-0.1, -0.05) is 29.2 Å². The van der Waals surface area contributed by atoms with Gasteiger partial charge in [-0.2, -0.15) is 0 Å². The third-order valence-electron chi connectivity index (χ3n) is 3.68. The minimum Gasteiger partial charge on any atom is -0.365 e. The lowest BCUT2D eigenvalue weighted by Crippen LogP contribution is -2.13. The van der Waals surface area contributed by atoms with E-state index < -0.39 is 5.91 Å². The van der Waals surface area contributed by atoms with Crippen LogP contribution in [0, 0.1) is 13.8 Å². The van der Waals surface area contributed by atoms with E-state index in [-0.39, 0.29) is 10.8 Å². The number of primary amides is 1. The zero-order chi connectivity index (χ0) is 18.7. The van der Waals surface area contributed by atoms with Crippen LogP contribution in [0.15, 0.2) is 52.6 Å². The highest BCUT2D eigenvalue weighted by atomic mass is 32.2. The normalized spacial score (nSPS) is 10.5. The number of amides is 2. The lowest BCUT2D eigenvalue weighted by molar-refractivity contribution is 0.1000. The van der Waals surface area contributed by atoms with Gasteiger partial charge in [-0.05, 0) is 49.2 Å². The summed E-state index contributed by atoms with van der Waals surface area (Å²) in [4.78, 5) is 33.4. The number of aryl methyl sites for hydroxylation is 2. The van der Waals surface area contributed by atoms with Gasteiger partial charge in [-0.3, -0.25) is 14.9 Å². The van der Waals surface area contributed by atoms with E-state index in [1.54, 1.807) is 18.3 Å². The van der Waals surface area contributed by atoms with E-state index in [4.69, 9.17) is 5.73 Å². The number of rotatable bonds is 5. The quantitative estimate of drug-likeness (QED) is 0.699. The van der Waals surface area contributed by atoms with Gasteiger partial charge in [0.15, 0.2) is 5.13 Å². The average molecular weight is 384 g/mol. The van der Waals surface area contributed by atoms with Crippen LogP contribution in [0.25, 0.3) is 0 Å². The molecule has 8 heteroatoms. The van der Waals surface area contributed by atoms with Gasteiger partial charge in [0.25, 0.3) is 11.8 Å². The van der Waals surface area contributed by atoms with E-state index in [0.717, 1.165) is 16.2 Å². The molecule has 1 aromatic carbocycles. The van der Waals surface area contributed by atoms with Crippen molar-refractivity contribution in [3.05, 3.63) is 64.3 Å².